The number of amides is 2. The van der Waals surface area contributed by atoms with Crippen molar-refractivity contribution in [3.05, 3.63) is 60.7 Å². The number of hydrogen-bond donors (Lipinski definition) is 3. The van der Waals surface area contributed by atoms with E-state index >= 15 is 0 Å². The first-order chi connectivity index (χ1) is 19.8. The van der Waals surface area contributed by atoms with Crippen LogP contribution < -0.4 is 10.6 Å². The molecule has 0 fully saturated rings. The lowest BCUT2D eigenvalue weighted by Crippen LogP contribution is -2.29. The molecule has 2 atom stereocenters. The lowest BCUT2D eigenvalue weighted by atomic mass is 10.1. The number of ether oxygens (including phenoxy) is 3. The number of anilines is 2. The maximum absolute atomic E-state index is 12.1. The van der Waals surface area contributed by atoms with E-state index in [1.165, 1.54) is 21.3 Å². The van der Waals surface area contributed by atoms with Crippen LogP contribution >= 0.6 is 0 Å². The highest BCUT2D eigenvalue weighted by molar-refractivity contribution is 5.94. The van der Waals surface area contributed by atoms with E-state index in [1.807, 2.05) is 48.5 Å². The van der Waals surface area contributed by atoms with Gasteiger partial charge in [0.1, 0.15) is 12.2 Å². The smallest absolute Gasteiger partial charge is 0.305 e. The Kier molecular flexibility index (Phi) is 18.9. The first-order valence-corrected chi connectivity index (χ1v) is 13.9. The van der Waals surface area contributed by atoms with E-state index in [0.29, 0.717) is 44.2 Å². The van der Waals surface area contributed by atoms with Gasteiger partial charge in [0.05, 0.1) is 14.2 Å². The van der Waals surface area contributed by atoms with Crippen LogP contribution in [-0.2, 0) is 33.4 Å². The van der Waals surface area contributed by atoms with E-state index in [9.17, 15) is 24.3 Å². The Morgan fingerprint density at radius 2 is 1.07 bits per heavy atom. The second-order valence-corrected chi connectivity index (χ2v) is 9.30. The molecular formula is C31H44N2O8. The summed E-state index contributed by atoms with van der Waals surface area (Å²) < 4.78 is 14.3. The monoisotopic (exact) mass is 572 g/mol. The third-order valence-corrected chi connectivity index (χ3v) is 6.12. The molecule has 2 aromatic rings. The van der Waals surface area contributed by atoms with Crippen LogP contribution in [0.3, 0.4) is 0 Å². The predicted molar refractivity (Wildman–Crippen MR) is 157 cm³/mol. The van der Waals surface area contributed by atoms with E-state index < -0.39 is 18.1 Å². The second kappa shape index (κ2) is 22.0. The minimum atomic E-state index is -1.02. The van der Waals surface area contributed by atoms with Crippen LogP contribution in [0.15, 0.2) is 60.7 Å². The highest BCUT2D eigenvalue weighted by atomic mass is 16.5. The summed E-state index contributed by atoms with van der Waals surface area (Å²) in [5, 5.41) is 15.2. The molecule has 0 aliphatic rings. The molecule has 41 heavy (non-hydrogen) atoms. The molecule has 0 spiro atoms. The number of aliphatic hydroxyl groups is 1. The Morgan fingerprint density at radius 3 is 1.51 bits per heavy atom. The lowest BCUT2D eigenvalue weighted by molar-refractivity contribution is -0.141. The largest absolute Gasteiger partial charge is 0.469 e. The third-order valence-electron chi connectivity index (χ3n) is 6.12. The Labute approximate surface area is 242 Å². The number of carbonyl (C=O) groups is 4. The van der Waals surface area contributed by atoms with E-state index in [-0.39, 0.29) is 17.8 Å². The number of aliphatic hydroxyl groups excluding tert-OH is 1. The molecule has 10 heteroatoms. The van der Waals surface area contributed by atoms with Gasteiger partial charge in [-0.1, -0.05) is 62.1 Å². The highest BCUT2D eigenvalue weighted by Crippen LogP contribution is 2.13. The Balaban J connectivity index is 0.000000410. The Bertz CT molecular complexity index is 1020. The van der Waals surface area contributed by atoms with Crippen LogP contribution in [0.2, 0.25) is 0 Å². The van der Waals surface area contributed by atoms with Crippen molar-refractivity contribution in [2.45, 2.75) is 76.4 Å². The molecule has 0 saturated heterocycles. The second-order valence-electron chi connectivity index (χ2n) is 9.30. The summed E-state index contributed by atoms with van der Waals surface area (Å²) in [7, 11) is 4.28. The third kappa shape index (κ3) is 16.8. The normalized spacial score (nSPS) is 11.7. The number of para-hydroxylation sites is 2. The number of carbonyl (C=O) groups excluding carboxylic acids is 4. The maximum atomic E-state index is 12.1. The predicted octanol–water partition coefficient (Wildman–Crippen LogP) is 4.87. The number of methoxy groups -OCH3 is 3. The molecule has 3 N–H and O–H groups in total. The topological polar surface area (TPSA) is 140 Å². The van der Waals surface area contributed by atoms with E-state index in [2.05, 4.69) is 20.1 Å². The molecule has 2 aromatic carbocycles. The highest BCUT2D eigenvalue weighted by Gasteiger charge is 2.17. The van der Waals surface area contributed by atoms with E-state index in [0.717, 1.165) is 31.4 Å². The van der Waals surface area contributed by atoms with Crippen molar-refractivity contribution in [2.75, 3.05) is 32.0 Å². The summed E-state index contributed by atoms with van der Waals surface area (Å²) in [6.07, 6.45) is 4.99. The van der Waals surface area contributed by atoms with Gasteiger partial charge in [-0.05, 0) is 49.9 Å². The number of rotatable bonds is 17. The fourth-order valence-electron chi connectivity index (χ4n) is 3.74. The van der Waals surface area contributed by atoms with Crippen LogP contribution in [0.5, 0.6) is 0 Å². The summed E-state index contributed by atoms with van der Waals surface area (Å²) in [6, 6.07) is 18.3. The maximum Gasteiger partial charge on any atom is 0.305 e. The number of esters is 2. The van der Waals surface area contributed by atoms with Crippen LogP contribution in [0.25, 0.3) is 0 Å². The Hall–Kier alpha value is -3.76. The van der Waals surface area contributed by atoms with Gasteiger partial charge in [-0.15, -0.1) is 0 Å². The first kappa shape index (κ1) is 35.3. The van der Waals surface area contributed by atoms with Gasteiger partial charge in [0.15, 0.2) is 0 Å². The van der Waals surface area contributed by atoms with Gasteiger partial charge in [-0.2, -0.15) is 0 Å². The standard InChI is InChI=1S/C16H23NO4.C15H21NO4/c1-20-14(11-7-4-8-12-15(18)21-2)16(19)17-13-9-5-3-6-10-13;1-20-14(18)11-7-3-6-10-13(17)15(19)16-12-8-4-2-5-9-12/h3,5-6,9-10,14H,4,7-8,11-12H2,1-2H3,(H,17,19);2,4-5,8-9,13,17H,3,6-7,10-11H2,1H3,(H,16,19). The molecule has 0 aromatic heterocycles. The molecule has 2 unspecified atom stereocenters. The Morgan fingerprint density at radius 1 is 0.634 bits per heavy atom. The molecule has 10 nitrogen and oxygen atoms in total. The van der Waals surface area contributed by atoms with Crippen molar-refractivity contribution in [3.8, 4) is 0 Å². The fraction of sp³-hybridized carbons (Fsp3) is 0.484. The summed E-state index contributed by atoms with van der Waals surface area (Å²) in [5.41, 5.74) is 1.43. The molecule has 2 amide bonds. The van der Waals surface area contributed by atoms with Crippen molar-refractivity contribution in [2.24, 2.45) is 0 Å². The quantitative estimate of drug-likeness (QED) is 0.180. The lowest BCUT2D eigenvalue weighted by Gasteiger charge is -2.15. The molecule has 0 heterocycles. The minimum absolute atomic E-state index is 0.142. The van der Waals surface area contributed by atoms with Crippen LogP contribution in [0, 0.1) is 0 Å². The molecule has 0 bridgehead atoms. The number of nitrogens with one attached hydrogen (secondary N) is 2. The average Bonchev–Trinajstić information content (AvgIpc) is 2.99. The minimum Gasteiger partial charge on any atom is -0.469 e. The van der Waals surface area contributed by atoms with Crippen LogP contribution in [0.1, 0.15) is 64.2 Å². The van der Waals surface area contributed by atoms with Crippen LogP contribution in [-0.4, -0.2) is 62.4 Å². The first-order valence-electron chi connectivity index (χ1n) is 13.9. The molecule has 0 aliphatic heterocycles. The summed E-state index contributed by atoms with van der Waals surface area (Å²) in [4.78, 5) is 45.6. The van der Waals surface area contributed by atoms with Crippen LogP contribution in [0.4, 0.5) is 11.4 Å². The van der Waals surface area contributed by atoms with Gasteiger partial charge in [0.25, 0.3) is 11.8 Å². The zero-order valence-corrected chi connectivity index (χ0v) is 24.3. The van der Waals surface area contributed by atoms with Crippen molar-refractivity contribution >= 4 is 35.1 Å². The zero-order chi connectivity index (χ0) is 30.3. The van der Waals surface area contributed by atoms with Crippen molar-refractivity contribution in [3.63, 3.8) is 0 Å². The average molecular weight is 573 g/mol. The molecule has 0 aliphatic carbocycles. The van der Waals surface area contributed by atoms with Gasteiger partial charge in [-0.25, -0.2) is 0 Å². The number of benzene rings is 2. The summed E-state index contributed by atoms with van der Waals surface area (Å²) in [6.45, 7) is 0. The summed E-state index contributed by atoms with van der Waals surface area (Å²) >= 11 is 0. The SMILES string of the molecule is COC(=O)CCCCCC(O)C(=O)Nc1ccccc1.COC(=O)CCCCCC(OC)C(=O)Nc1ccccc1. The number of unbranched alkanes of at least 4 members (excludes halogenated alkanes) is 4. The molecular weight excluding hydrogens is 528 g/mol. The number of hydrogen-bond acceptors (Lipinski definition) is 8. The summed E-state index contributed by atoms with van der Waals surface area (Å²) in [5.74, 6) is -0.965. The fourth-order valence-corrected chi connectivity index (χ4v) is 3.74. The zero-order valence-electron chi connectivity index (χ0n) is 24.3. The van der Waals surface area contributed by atoms with Gasteiger partial charge in [-0.3, -0.25) is 19.2 Å². The van der Waals surface area contributed by atoms with Gasteiger partial charge in [0.2, 0.25) is 0 Å². The molecule has 2 rings (SSSR count). The van der Waals surface area contributed by atoms with E-state index in [1.54, 1.807) is 12.1 Å². The van der Waals surface area contributed by atoms with Crippen molar-refractivity contribution in [1.29, 1.82) is 0 Å². The molecule has 0 radical (unpaired) electrons. The van der Waals surface area contributed by atoms with Gasteiger partial charge < -0.3 is 30.0 Å². The molecule has 226 valence electrons. The van der Waals surface area contributed by atoms with Crippen molar-refractivity contribution < 1.29 is 38.5 Å². The van der Waals surface area contributed by atoms with E-state index in [4.69, 9.17) is 4.74 Å². The van der Waals surface area contributed by atoms with Gasteiger partial charge in [0, 0.05) is 31.3 Å². The van der Waals surface area contributed by atoms with Gasteiger partial charge >= 0.3 is 11.9 Å². The van der Waals surface area contributed by atoms with Crippen molar-refractivity contribution in [1.82, 2.24) is 0 Å². The molecule has 0 saturated carbocycles.